The Morgan fingerprint density at radius 2 is 1.92 bits per heavy atom. The number of H-pyrrole nitrogens is 1. The smallest absolute Gasteiger partial charge is 0.210 e. The van der Waals surface area contributed by atoms with Crippen LogP contribution in [0.5, 0.6) is 0 Å². The predicted octanol–water partition coefficient (Wildman–Crippen LogP) is 5.36. The minimum Gasteiger partial charge on any atom is -0.359 e. The van der Waals surface area contributed by atoms with Crippen LogP contribution in [0.1, 0.15) is 0 Å². The van der Waals surface area contributed by atoms with Gasteiger partial charge in [0.05, 0.1) is 11.2 Å². The first-order chi connectivity index (χ1) is 11.6. The molecule has 0 aliphatic heterocycles. The fraction of sp³-hybridized carbons (Fsp3) is 0. The molecule has 0 aliphatic carbocycles. The van der Waals surface area contributed by atoms with Gasteiger partial charge < -0.3 is 10.3 Å². The van der Waals surface area contributed by atoms with Crippen LogP contribution in [0.3, 0.4) is 0 Å². The highest BCUT2D eigenvalue weighted by atomic mass is 35.5. The Hall–Kier alpha value is -2.51. The highest BCUT2D eigenvalue weighted by Crippen LogP contribution is 2.32. The van der Waals surface area contributed by atoms with E-state index in [4.69, 9.17) is 11.6 Å². The van der Waals surface area contributed by atoms with Gasteiger partial charge in [-0.3, -0.25) is 0 Å². The van der Waals surface area contributed by atoms with Crippen LogP contribution in [0.2, 0.25) is 5.02 Å². The zero-order chi connectivity index (χ0) is 16.7. The third-order valence-corrected chi connectivity index (χ3v) is 4.58. The van der Waals surface area contributed by atoms with Crippen molar-refractivity contribution in [1.82, 2.24) is 15.2 Å². The summed E-state index contributed by atoms with van der Waals surface area (Å²) in [5.41, 5.74) is 1.95. The Balaban J connectivity index is 1.66. The number of hydrogen-bond donors (Lipinski definition) is 2. The van der Waals surface area contributed by atoms with Crippen molar-refractivity contribution < 1.29 is 8.78 Å². The van der Waals surface area contributed by atoms with Crippen molar-refractivity contribution in [3.63, 3.8) is 0 Å². The van der Waals surface area contributed by atoms with Gasteiger partial charge >= 0.3 is 0 Å². The maximum absolute atomic E-state index is 13.5. The van der Waals surface area contributed by atoms with Gasteiger partial charge in [-0.05, 0) is 18.2 Å². The summed E-state index contributed by atoms with van der Waals surface area (Å²) in [4.78, 5) is 2.89. The van der Waals surface area contributed by atoms with Crippen LogP contribution in [0, 0.1) is 11.6 Å². The first kappa shape index (κ1) is 15.0. The molecule has 0 aliphatic rings. The molecular formula is C16H9ClF2N4S. The van der Waals surface area contributed by atoms with E-state index in [1.807, 2.05) is 12.1 Å². The summed E-state index contributed by atoms with van der Waals surface area (Å²) >= 11 is 7.32. The zero-order valence-electron chi connectivity index (χ0n) is 12.0. The molecule has 4 rings (SSSR count). The monoisotopic (exact) mass is 362 g/mol. The van der Waals surface area contributed by atoms with E-state index in [9.17, 15) is 8.78 Å². The summed E-state index contributed by atoms with van der Waals surface area (Å²) < 4.78 is 26.7. The summed E-state index contributed by atoms with van der Waals surface area (Å²) in [7, 11) is 0. The number of anilines is 2. The third-order valence-electron chi connectivity index (χ3n) is 3.46. The Bertz CT molecular complexity index is 1040. The van der Waals surface area contributed by atoms with E-state index >= 15 is 0 Å². The fourth-order valence-corrected chi connectivity index (χ4v) is 3.29. The number of aromatic amines is 1. The second-order valence-corrected chi connectivity index (χ2v) is 6.48. The van der Waals surface area contributed by atoms with Gasteiger partial charge in [0.2, 0.25) is 5.13 Å². The summed E-state index contributed by atoms with van der Waals surface area (Å²) in [6.45, 7) is 0. The van der Waals surface area contributed by atoms with E-state index in [1.165, 1.54) is 11.3 Å². The quantitative estimate of drug-likeness (QED) is 0.515. The van der Waals surface area contributed by atoms with E-state index in [0.29, 0.717) is 31.8 Å². The molecule has 0 radical (unpaired) electrons. The average molecular weight is 363 g/mol. The average Bonchev–Trinajstić information content (AvgIpc) is 3.17. The number of nitrogens with zero attached hydrogens (tertiary/aromatic N) is 2. The topological polar surface area (TPSA) is 53.6 Å². The van der Waals surface area contributed by atoms with Gasteiger partial charge in [0, 0.05) is 28.2 Å². The Morgan fingerprint density at radius 3 is 2.75 bits per heavy atom. The maximum Gasteiger partial charge on any atom is 0.210 e. The van der Waals surface area contributed by atoms with Gasteiger partial charge in [-0.2, -0.15) is 0 Å². The molecule has 24 heavy (non-hydrogen) atoms. The molecule has 2 N–H and O–H groups in total. The van der Waals surface area contributed by atoms with Crippen molar-refractivity contribution in [2.24, 2.45) is 0 Å². The molecule has 120 valence electrons. The molecule has 0 spiro atoms. The molecule has 0 atom stereocenters. The van der Waals surface area contributed by atoms with Gasteiger partial charge in [0.1, 0.15) is 5.01 Å². The van der Waals surface area contributed by atoms with E-state index in [0.717, 1.165) is 17.7 Å². The van der Waals surface area contributed by atoms with Crippen LogP contribution in [0.4, 0.5) is 19.6 Å². The van der Waals surface area contributed by atoms with Gasteiger partial charge in [-0.15, -0.1) is 10.2 Å². The van der Waals surface area contributed by atoms with E-state index < -0.39 is 11.6 Å². The summed E-state index contributed by atoms with van der Waals surface area (Å²) in [6.07, 6.45) is 1.63. The Kier molecular flexibility index (Phi) is 3.66. The number of halogens is 3. The second kappa shape index (κ2) is 5.85. The zero-order valence-corrected chi connectivity index (χ0v) is 13.6. The summed E-state index contributed by atoms with van der Waals surface area (Å²) in [5.74, 6) is -1.79. The Morgan fingerprint density at radius 1 is 1.08 bits per heavy atom. The van der Waals surface area contributed by atoms with Crippen LogP contribution in [0.15, 0.2) is 42.6 Å². The molecule has 0 bridgehead atoms. The molecule has 4 nitrogen and oxygen atoms in total. The molecule has 0 saturated carbocycles. The van der Waals surface area contributed by atoms with Crippen molar-refractivity contribution >= 4 is 44.7 Å². The van der Waals surface area contributed by atoms with E-state index in [-0.39, 0.29) is 0 Å². The molecule has 2 aromatic carbocycles. The maximum atomic E-state index is 13.5. The standard InChI is InChI=1S/C16H9ClF2N4S/c17-9-3-1-2-8(4-9)15-22-23-16(24-15)21-14-7-20-13-6-12(19)11(18)5-10(13)14/h1-7,20H,(H,21,23). The largest absolute Gasteiger partial charge is 0.359 e. The highest BCUT2D eigenvalue weighted by molar-refractivity contribution is 7.18. The number of hydrogen-bond acceptors (Lipinski definition) is 4. The van der Waals surface area contributed by atoms with Crippen LogP contribution in [-0.4, -0.2) is 15.2 Å². The highest BCUT2D eigenvalue weighted by Gasteiger charge is 2.12. The molecule has 0 amide bonds. The minimum atomic E-state index is -0.901. The molecule has 8 heteroatoms. The van der Waals surface area contributed by atoms with Gasteiger partial charge in [-0.25, -0.2) is 8.78 Å². The first-order valence-electron chi connectivity index (χ1n) is 6.93. The molecule has 4 aromatic rings. The van der Waals surface area contributed by atoms with Gasteiger partial charge in [0.25, 0.3) is 0 Å². The molecule has 0 saturated heterocycles. The first-order valence-corrected chi connectivity index (χ1v) is 8.12. The van der Waals surface area contributed by atoms with Crippen LogP contribution in [-0.2, 0) is 0 Å². The lowest BCUT2D eigenvalue weighted by Crippen LogP contribution is -1.89. The molecule has 2 aromatic heterocycles. The van der Waals surface area contributed by atoms with Crippen molar-refractivity contribution in [2.45, 2.75) is 0 Å². The fourth-order valence-electron chi connectivity index (χ4n) is 2.35. The molecule has 0 fully saturated rings. The van der Waals surface area contributed by atoms with E-state index in [2.05, 4.69) is 20.5 Å². The SMILES string of the molecule is Fc1cc2[nH]cc(Nc3nnc(-c4cccc(Cl)c4)s3)c2cc1F. The summed E-state index contributed by atoms with van der Waals surface area (Å²) in [5, 5.41) is 13.7. The van der Waals surface area contributed by atoms with Crippen LogP contribution in [0.25, 0.3) is 21.5 Å². The van der Waals surface area contributed by atoms with Gasteiger partial charge in [0.15, 0.2) is 11.6 Å². The molecule has 0 unspecified atom stereocenters. The van der Waals surface area contributed by atoms with Crippen LogP contribution >= 0.6 is 22.9 Å². The Labute approximate surface area is 144 Å². The van der Waals surface area contributed by atoms with Crippen molar-refractivity contribution in [1.29, 1.82) is 0 Å². The third kappa shape index (κ3) is 2.72. The summed E-state index contributed by atoms with van der Waals surface area (Å²) in [6, 6.07) is 9.57. The van der Waals surface area contributed by atoms with Gasteiger partial charge in [-0.1, -0.05) is 35.1 Å². The van der Waals surface area contributed by atoms with Crippen LogP contribution < -0.4 is 5.32 Å². The number of nitrogens with one attached hydrogen (secondary N) is 2. The molecular weight excluding hydrogens is 354 g/mol. The second-order valence-electron chi connectivity index (χ2n) is 5.06. The van der Waals surface area contributed by atoms with E-state index in [1.54, 1.807) is 18.3 Å². The number of fused-ring (bicyclic) bond motifs is 1. The van der Waals surface area contributed by atoms with Crippen molar-refractivity contribution in [2.75, 3.05) is 5.32 Å². The number of aromatic nitrogens is 3. The number of benzene rings is 2. The number of rotatable bonds is 3. The molecule has 2 heterocycles. The normalized spacial score (nSPS) is 11.1. The van der Waals surface area contributed by atoms with Crippen molar-refractivity contribution in [3.8, 4) is 10.6 Å². The lowest BCUT2D eigenvalue weighted by atomic mass is 10.2. The minimum absolute atomic E-state index is 0.496. The lowest BCUT2D eigenvalue weighted by Gasteiger charge is -2.00. The predicted molar refractivity (Wildman–Crippen MR) is 91.9 cm³/mol. The van der Waals surface area contributed by atoms with Crippen molar-refractivity contribution in [3.05, 3.63) is 59.3 Å². The lowest BCUT2D eigenvalue weighted by molar-refractivity contribution is 0.511.